The van der Waals surface area contributed by atoms with Crippen LogP contribution in [0, 0.1) is 0 Å². The summed E-state index contributed by atoms with van der Waals surface area (Å²) in [6.07, 6.45) is 2.61. The van der Waals surface area contributed by atoms with Gasteiger partial charge in [0, 0.05) is 11.4 Å². The molecule has 0 aliphatic heterocycles. The SMILES string of the molecule is Brc1csc(NC2CC2)n1. The van der Waals surface area contributed by atoms with Crippen LogP contribution in [0.15, 0.2) is 9.98 Å². The molecular formula is C6H7BrN2S. The van der Waals surface area contributed by atoms with E-state index in [1.807, 2.05) is 5.38 Å². The summed E-state index contributed by atoms with van der Waals surface area (Å²) < 4.78 is 0.931. The molecule has 4 heteroatoms. The van der Waals surface area contributed by atoms with Crippen molar-refractivity contribution >= 4 is 32.4 Å². The van der Waals surface area contributed by atoms with Gasteiger partial charge < -0.3 is 5.32 Å². The molecule has 1 N–H and O–H groups in total. The first-order valence-corrected chi connectivity index (χ1v) is 4.89. The van der Waals surface area contributed by atoms with E-state index in [0.29, 0.717) is 6.04 Å². The fourth-order valence-electron chi connectivity index (χ4n) is 0.723. The normalized spacial score (nSPS) is 17.3. The van der Waals surface area contributed by atoms with E-state index in [4.69, 9.17) is 0 Å². The average Bonchev–Trinajstić information content (AvgIpc) is 2.59. The van der Waals surface area contributed by atoms with Gasteiger partial charge in [0.15, 0.2) is 5.13 Å². The number of hydrogen-bond donors (Lipinski definition) is 1. The Hall–Kier alpha value is -0.0900. The molecule has 0 unspecified atom stereocenters. The largest absolute Gasteiger partial charge is 0.359 e. The molecule has 0 saturated heterocycles. The number of anilines is 1. The first kappa shape index (κ1) is 6.61. The first-order chi connectivity index (χ1) is 4.84. The molecule has 0 radical (unpaired) electrons. The summed E-state index contributed by atoms with van der Waals surface area (Å²) in [6.45, 7) is 0. The van der Waals surface area contributed by atoms with Gasteiger partial charge in [-0.1, -0.05) is 0 Å². The van der Waals surface area contributed by atoms with Crippen molar-refractivity contribution in [2.75, 3.05) is 5.32 Å². The van der Waals surface area contributed by atoms with Crippen LogP contribution in [0.25, 0.3) is 0 Å². The van der Waals surface area contributed by atoms with E-state index in [2.05, 4.69) is 26.2 Å². The third-order valence-electron chi connectivity index (χ3n) is 1.38. The van der Waals surface area contributed by atoms with Gasteiger partial charge in [-0.2, -0.15) is 0 Å². The van der Waals surface area contributed by atoms with Crippen LogP contribution in [-0.4, -0.2) is 11.0 Å². The summed E-state index contributed by atoms with van der Waals surface area (Å²) in [6, 6.07) is 0.707. The van der Waals surface area contributed by atoms with E-state index < -0.39 is 0 Å². The lowest BCUT2D eigenvalue weighted by Gasteiger charge is -1.94. The minimum Gasteiger partial charge on any atom is -0.359 e. The second-order valence-electron chi connectivity index (χ2n) is 2.39. The molecule has 1 heterocycles. The molecule has 2 nitrogen and oxygen atoms in total. The maximum atomic E-state index is 4.21. The van der Waals surface area contributed by atoms with Gasteiger partial charge in [-0.3, -0.25) is 0 Å². The Morgan fingerprint density at radius 2 is 2.50 bits per heavy atom. The zero-order valence-electron chi connectivity index (χ0n) is 5.30. The highest BCUT2D eigenvalue weighted by atomic mass is 79.9. The Morgan fingerprint density at radius 3 is 3.00 bits per heavy atom. The first-order valence-electron chi connectivity index (χ1n) is 3.22. The number of rotatable bonds is 2. The lowest BCUT2D eigenvalue weighted by molar-refractivity contribution is 1.13. The van der Waals surface area contributed by atoms with Crippen molar-refractivity contribution in [3.05, 3.63) is 9.98 Å². The van der Waals surface area contributed by atoms with Crippen LogP contribution in [-0.2, 0) is 0 Å². The Balaban J connectivity index is 2.03. The van der Waals surface area contributed by atoms with Crippen LogP contribution in [0.1, 0.15) is 12.8 Å². The summed E-state index contributed by atoms with van der Waals surface area (Å²) in [7, 11) is 0. The van der Waals surface area contributed by atoms with E-state index >= 15 is 0 Å². The molecule has 1 saturated carbocycles. The summed E-state index contributed by atoms with van der Waals surface area (Å²) in [5.74, 6) is 0. The highest BCUT2D eigenvalue weighted by molar-refractivity contribution is 9.10. The zero-order valence-corrected chi connectivity index (χ0v) is 7.70. The Bertz CT molecular complexity index is 231. The third-order valence-corrected chi connectivity index (χ3v) is 2.86. The summed E-state index contributed by atoms with van der Waals surface area (Å²) in [5, 5.41) is 6.34. The van der Waals surface area contributed by atoms with Crippen molar-refractivity contribution in [1.82, 2.24) is 4.98 Å². The lowest BCUT2D eigenvalue weighted by Crippen LogP contribution is -1.99. The van der Waals surface area contributed by atoms with Gasteiger partial charge in [0.2, 0.25) is 0 Å². The lowest BCUT2D eigenvalue weighted by atomic mass is 10.7. The highest BCUT2D eigenvalue weighted by Crippen LogP contribution is 2.27. The van der Waals surface area contributed by atoms with Gasteiger partial charge in [0.25, 0.3) is 0 Å². The predicted molar refractivity (Wildman–Crippen MR) is 46.5 cm³/mol. The smallest absolute Gasteiger partial charge is 0.183 e. The maximum absolute atomic E-state index is 4.21. The topological polar surface area (TPSA) is 24.9 Å². The van der Waals surface area contributed by atoms with E-state index in [0.717, 1.165) is 9.73 Å². The Labute approximate surface area is 71.8 Å². The van der Waals surface area contributed by atoms with Crippen molar-refractivity contribution in [3.8, 4) is 0 Å². The molecule has 1 aromatic heterocycles. The quantitative estimate of drug-likeness (QED) is 0.826. The predicted octanol–water partition coefficient (Wildman–Crippen LogP) is 2.48. The summed E-state index contributed by atoms with van der Waals surface area (Å²) in [5.41, 5.74) is 0. The van der Waals surface area contributed by atoms with Crippen molar-refractivity contribution in [3.63, 3.8) is 0 Å². The molecule has 0 spiro atoms. The van der Waals surface area contributed by atoms with Crippen LogP contribution < -0.4 is 5.32 Å². The molecule has 1 fully saturated rings. The fraction of sp³-hybridized carbons (Fsp3) is 0.500. The van der Waals surface area contributed by atoms with E-state index in [1.54, 1.807) is 11.3 Å². The van der Waals surface area contributed by atoms with Crippen molar-refractivity contribution in [1.29, 1.82) is 0 Å². The van der Waals surface area contributed by atoms with Crippen LogP contribution in [0.3, 0.4) is 0 Å². The Kier molecular flexibility index (Phi) is 1.66. The van der Waals surface area contributed by atoms with Crippen LogP contribution in [0.2, 0.25) is 0 Å². The number of nitrogens with one attached hydrogen (secondary N) is 1. The standard InChI is InChI=1S/C6H7BrN2S/c7-5-3-10-6(9-5)8-4-1-2-4/h3-4H,1-2H2,(H,8,9). The molecule has 1 aliphatic rings. The fourth-order valence-corrected chi connectivity index (χ4v) is 1.95. The van der Waals surface area contributed by atoms with Gasteiger partial charge in [-0.15, -0.1) is 11.3 Å². The van der Waals surface area contributed by atoms with Gasteiger partial charge in [-0.05, 0) is 28.8 Å². The molecule has 1 aromatic rings. The summed E-state index contributed by atoms with van der Waals surface area (Å²) >= 11 is 4.95. The number of nitrogens with zero attached hydrogens (tertiary/aromatic N) is 1. The molecule has 1 aliphatic carbocycles. The minimum atomic E-state index is 0.707. The number of aromatic nitrogens is 1. The van der Waals surface area contributed by atoms with Gasteiger partial charge in [0.1, 0.15) is 4.60 Å². The monoisotopic (exact) mass is 218 g/mol. The van der Waals surface area contributed by atoms with Crippen LogP contribution in [0.5, 0.6) is 0 Å². The summed E-state index contributed by atoms with van der Waals surface area (Å²) in [4.78, 5) is 4.21. The van der Waals surface area contributed by atoms with Gasteiger partial charge >= 0.3 is 0 Å². The second-order valence-corrected chi connectivity index (χ2v) is 4.06. The molecular weight excluding hydrogens is 212 g/mol. The van der Waals surface area contributed by atoms with E-state index in [9.17, 15) is 0 Å². The van der Waals surface area contributed by atoms with Crippen molar-refractivity contribution < 1.29 is 0 Å². The van der Waals surface area contributed by atoms with Gasteiger partial charge in [0.05, 0.1) is 0 Å². The molecule has 0 atom stereocenters. The van der Waals surface area contributed by atoms with E-state index in [1.165, 1.54) is 12.8 Å². The molecule has 0 bridgehead atoms. The number of thiazole rings is 1. The highest BCUT2D eigenvalue weighted by Gasteiger charge is 2.21. The molecule has 10 heavy (non-hydrogen) atoms. The number of hydrogen-bond acceptors (Lipinski definition) is 3. The second kappa shape index (κ2) is 2.51. The molecule has 0 aromatic carbocycles. The maximum Gasteiger partial charge on any atom is 0.183 e. The molecule has 2 rings (SSSR count). The minimum absolute atomic E-state index is 0.707. The molecule has 0 amide bonds. The molecule has 54 valence electrons. The van der Waals surface area contributed by atoms with Crippen LogP contribution in [0.4, 0.5) is 5.13 Å². The number of halogens is 1. The van der Waals surface area contributed by atoms with Crippen molar-refractivity contribution in [2.45, 2.75) is 18.9 Å². The zero-order chi connectivity index (χ0) is 6.97. The van der Waals surface area contributed by atoms with E-state index in [-0.39, 0.29) is 0 Å². The van der Waals surface area contributed by atoms with Crippen LogP contribution >= 0.6 is 27.3 Å². The van der Waals surface area contributed by atoms with Crippen molar-refractivity contribution in [2.24, 2.45) is 0 Å². The third kappa shape index (κ3) is 1.49. The Morgan fingerprint density at radius 1 is 1.70 bits per heavy atom. The van der Waals surface area contributed by atoms with Gasteiger partial charge in [-0.25, -0.2) is 4.98 Å². The average molecular weight is 219 g/mol.